The van der Waals surface area contributed by atoms with Gasteiger partial charge in [-0.25, -0.2) is 0 Å². The molecule has 1 N–H and O–H groups in total. The highest BCUT2D eigenvalue weighted by molar-refractivity contribution is 5.99. The number of amides is 2. The number of nitrogens with one attached hydrogen (secondary N) is 1. The lowest BCUT2D eigenvalue weighted by Gasteiger charge is -2.43. The maximum atomic E-state index is 12.4. The van der Waals surface area contributed by atoms with Gasteiger partial charge in [-0.15, -0.1) is 0 Å². The van der Waals surface area contributed by atoms with Crippen molar-refractivity contribution >= 4 is 11.8 Å². The van der Waals surface area contributed by atoms with Crippen LogP contribution in [0.15, 0.2) is 0 Å². The van der Waals surface area contributed by atoms with E-state index in [4.69, 9.17) is 4.74 Å². The molecule has 1 heterocycles. The highest BCUT2D eigenvalue weighted by Crippen LogP contribution is 2.21. The SMILES string of the molecule is CCC1(C)NC(=O)C(C)N(CCCCOC)C1=O. The number of hydrogen-bond donors (Lipinski definition) is 1. The van der Waals surface area contributed by atoms with Crippen LogP contribution in [0.1, 0.15) is 40.0 Å². The van der Waals surface area contributed by atoms with Crippen molar-refractivity contribution in [3.63, 3.8) is 0 Å². The molecule has 1 fully saturated rings. The Morgan fingerprint density at radius 1 is 1.39 bits per heavy atom. The summed E-state index contributed by atoms with van der Waals surface area (Å²) >= 11 is 0. The summed E-state index contributed by atoms with van der Waals surface area (Å²) in [4.78, 5) is 26.0. The van der Waals surface area contributed by atoms with Gasteiger partial charge < -0.3 is 15.0 Å². The Morgan fingerprint density at radius 3 is 2.61 bits per heavy atom. The van der Waals surface area contributed by atoms with E-state index in [2.05, 4.69) is 5.32 Å². The van der Waals surface area contributed by atoms with Gasteiger partial charge in [0.15, 0.2) is 0 Å². The highest BCUT2D eigenvalue weighted by Gasteiger charge is 2.44. The van der Waals surface area contributed by atoms with Crippen LogP contribution < -0.4 is 5.32 Å². The molecular formula is C13H24N2O3. The molecule has 5 nitrogen and oxygen atoms in total. The summed E-state index contributed by atoms with van der Waals surface area (Å²) in [6.45, 7) is 6.79. The van der Waals surface area contributed by atoms with E-state index in [9.17, 15) is 9.59 Å². The van der Waals surface area contributed by atoms with Gasteiger partial charge in [0.2, 0.25) is 11.8 Å². The van der Waals surface area contributed by atoms with Crippen molar-refractivity contribution in [2.75, 3.05) is 20.3 Å². The molecule has 104 valence electrons. The van der Waals surface area contributed by atoms with Gasteiger partial charge in [-0.2, -0.15) is 0 Å². The summed E-state index contributed by atoms with van der Waals surface area (Å²) < 4.78 is 4.99. The first-order valence-corrected chi connectivity index (χ1v) is 6.58. The molecule has 2 unspecified atom stereocenters. The number of ether oxygens (including phenoxy) is 1. The lowest BCUT2D eigenvalue weighted by Crippen LogP contribution is -2.68. The predicted octanol–water partition coefficient (Wildman–Crippen LogP) is 0.929. The van der Waals surface area contributed by atoms with Crippen LogP contribution in [-0.2, 0) is 14.3 Å². The fraction of sp³-hybridized carbons (Fsp3) is 0.846. The van der Waals surface area contributed by atoms with E-state index in [1.807, 2.05) is 6.92 Å². The van der Waals surface area contributed by atoms with Crippen molar-refractivity contribution in [3.8, 4) is 0 Å². The molecule has 0 spiro atoms. The largest absolute Gasteiger partial charge is 0.385 e. The molecule has 0 aliphatic carbocycles. The first-order valence-electron chi connectivity index (χ1n) is 6.58. The number of carbonyl (C=O) groups excluding carboxylic acids is 2. The van der Waals surface area contributed by atoms with Crippen LogP contribution in [0.25, 0.3) is 0 Å². The number of carbonyl (C=O) groups is 2. The van der Waals surface area contributed by atoms with Crippen LogP contribution >= 0.6 is 0 Å². The topological polar surface area (TPSA) is 58.6 Å². The molecule has 0 aromatic heterocycles. The second-order valence-electron chi connectivity index (χ2n) is 5.05. The summed E-state index contributed by atoms with van der Waals surface area (Å²) in [5.41, 5.74) is -0.745. The molecule has 0 aromatic carbocycles. The third kappa shape index (κ3) is 3.02. The zero-order valence-corrected chi connectivity index (χ0v) is 11.8. The minimum atomic E-state index is -0.745. The molecule has 0 radical (unpaired) electrons. The third-order valence-corrected chi connectivity index (χ3v) is 3.68. The van der Waals surface area contributed by atoms with Gasteiger partial charge in [0, 0.05) is 20.3 Å². The van der Waals surface area contributed by atoms with Gasteiger partial charge in [-0.1, -0.05) is 6.92 Å². The standard InChI is InChI=1S/C13H24N2O3/c1-5-13(3)12(17)15(8-6-7-9-18-4)10(2)11(16)14-13/h10H,5-9H2,1-4H3,(H,14,16). The zero-order valence-electron chi connectivity index (χ0n) is 11.8. The molecule has 2 atom stereocenters. The summed E-state index contributed by atoms with van der Waals surface area (Å²) in [6, 6.07) is -0.375. The molecular weight excluding hydrogens is 232 g/mol. The average Bonchev–Trinajstić information content (AvgIpc) is 2.36. The smallest absolute Gasteiger partial charge is 0.248 e. The molecule has 1 aliphatic heterocycles. The Hall–Kier alpha value is -1.10. The van der Waals surface area contributed by atoms with E-state index >= 15 is 0 Å². The van der Waals surface area contributed by atoms with E-state index in [0.29, 0.717) is 19.6 Å². The minimum absolute atomic E-state index is 0.0227. The maximum absolute atomic E-state index is 12.4. The normalized spacial score (nSPS) is 28.4. The monoisotopic (exact) mass is 256 g/mol. The van der Waals surface area contributed by atoms with Gasteiger partial charge >= 0.3 is 0 Å². The third-order valence-electron chi connectivity index (χ3n) is 3.68. The van der Waals surface area contributed by atoms with Crippen LogP contribution in [0, 0.1) is 0 Å². The average molecular weight is 256 g/mol. The van der Waals surface area contributed by atoms with Gasteiger partial charge in [-0.3, -0.25) is 9.59 Å². The van der Waals surface area contributed by atoms with E-state index < -0.39 is 5.54 Å². The molecule has 1 rings (SSSR count). The quantitative estimate of drug-likeness (QED) is 0.719. The van der Waals surface area contributed by atoms with Crippen molar-refractivity contribution in [1.82, 2.24) is 10.2 Å². The second kappa shape index (κ2) is 6.18. The van der Waals surface area contributed by atoms with E-state index in [0.717, 1.165) is 12.8 Å². The Kier molecular flexibility index (Phi) is 5.14. The van der Waals surface area contributed by atoms with Crippen LogP contribution in [0.2, 0.25) is 0 Å². The minimum Gasteiger partial charge on any atom is -0.385 e. The number of piperazine rings is 1. The predicted molar refractivity (Wildman–Crippen MR) is 69.1 cm³/mol. The summed E-state index contributed by atoms with van der Waals surface area (Å²) in [7, 11) is 1.66. The first kappa shape index (κ1) is 15.0. The van der Waals surface area contributed by atoms with E-state index in [-0.39, 0.29) is 17.9 Å². The van der Waals surface area contributed by atoms with Gasteiger partial charge in [0.05, 0.1) is 0 Å². The molecule has 1 aliphatic rings. The number of rotatable bonds is 6. The Morgan fingerprint density at radius 2 is 2.06 bits per heavy atom. The van der Waals surface area contributed by atoms with E-state index in [1.54, 1.807) is 25.9 Å². The second-order valence-corrected chi connectivity index (χ2v) is 5.05. The van der Waals surface area contributed by atoms with Crippen molar-refractivity contribution in [3.05, 3.63) is 0 Å². The summed E-state index contributed by atoms with van der Waals surface area (Å²) in [5, 5.41) is 2.82. The number of nitrogens with zero attached hydrogens (tertiary/aromatic N) is 1. The number of unbranched alkanes of at least 4 members (excludes halogenated alkanes) is 1. The van der Waals surface area contributed by atoms with Crippen LogP contribution in [0.3, 0.4) is 0 Å². The Balaban J connectivity index is 2.67. The van der Waals surface area contributed by atoms with Crippen LogP contribution in [0.4, 0.5) is 0 Å². The van der Waals surface area contributed by atoms with Crippen molar-refractivity contribution < 1.29 is 14.3 Å². The molecule has 0 aromatic rings. The molecule has 0 saturated carbocycles. The molecule has 0 bridgehead atoms. The molecule has 2 amide bonds. The summed E-state index contributed by atoms with van der Waals surface area (Å²) in [6.07, 6.45) is 2.37. The molecule has 5 heteroatoms. The molecule has 18 heavy (non-hydrogen) atoms. The number of methoxy groups -OCH3 is 1. The fourth-order valence-corrected chi connectivity index (χ4v) is 2.13. The lowest BCUT2D eigenvalue weighted by atomic mass is 9.92. The first-order chi connectivity index (χ1) is 8.46. The van der Waals surface area contributed by atoms with Crippen molar-refractivity contribution in [1.29, 1.82) is 0 Å². The highest BCUT2D eigenvalue weighted by atomic mass is 16.5. The zero-order chi connectivity index (χ0) is 13.8. The fourth-order valence-electron chi connectivity index (χ4n) is 2.13. The summed E-state index contributed by atoms with van der Waals surface area (Å²) in [5.74, 6) is -0.0415. The molecule has 1 saturated heterocycles. The van der Waals surface area contributed by atoms with E-state index in [1.165, 1.54) is 0 Å². The van der Waals surface area contributed by atoms with Gasteiger partial charge in [0.25, 0.3) is 0 Å². The maximum Gasteiger partial charge on any atom is 0.248 e. The van der Waals surface area contributed by atoms with Crippen LogP contribution in [0.5, 0.6) is 0 Å². The Bertz CT molecular complexity index is 319. The Labute approximate surface area is 109 Å². The van der Waals surface area contributed by atoms with Gasteiger partial charge in [-0.05, 0) is 33.1 Å². The lowest BCUT2D eigenvalue weighted by molar-refractivity contribution is -0.153. The number of hydrogen-bond acceptors (Lipinski definition) is 3. The van der Waals surface area contributed by atoms with Crippen LogP contribution in [-0.4, -0.2) is 48.6 Å². The van der Waals surface area contributed by atoms with Gasteiger partial charge in [0.1, 0.15) is 11.6 Å². The van der Waals surface area contributed by atoms with Crippen molar-refractivity contribution in [2.24, 2.45) is 0 Å². The van der Waals surface area contributed by atoms with Crippen molar-refractivity contribution in [2.45, 2.75) is 51.6 Å².